The van der Waals surface area contributed by atoms with Gasteiger partial charge in [-0.1, -0.05) is 143 Å². The van der Waals surface area contributed by atoms with Gasteiger partial charge in [0.15, 0.2) is 0 Å². The summed E-state index contributed by atoms with van der Waals surface area (Å²) in [5.74, 6) is 1.73. The fourth-order valence-corrected chi connectivity index (χ4v) is 7.77. The lowest BCUT2D eigenvalue weighted by molar-refractivity contribution is 0.366. The number of unbranched alkanes of at least 4 members (excludes halogenated alkanes) is 3. The number of fused-ring (bicyclic) bond motifs is 1. The minimum absolute atomic E-state index is 0. The SMILES string of the molecule is C.C/C=C\c1ccc2c(c1)CCC(Cc1ccc(F)cc1)C2Cc1ccc(CCCCCC(CCCC)CC2=CCCC=C2)cc1. The molecule has 2 aliphatic rings. The largest absolute Gasteiger partial charge is 0.207 e. The molecule has 0 aliphatic heterocycles. The quantitative estimate of drug-likeness (QED) is 0.140. The van der Waals surface area contributed by atoms with Crippen LogP contribution in [0.2, 0.25) is 0 Å². The standard InChI is InChI=1S/C44H55F.CH4/c1-3-5-13-36(30-37-16-10-7-11-17-37)15-9-6-8-14-34-18-20-39(21-19-34)33-44-41(32-38-22-27-42(45)28-23-38)26-25-40-31-35(12-4-2)24-29-43(40)44;/h4,10,12,16-24,27-29,31,36,41,44H,3,5-9,11,13-15,25-26,30,32-33H2,1-2H3;1H4/b12-4-;. The van der Waals surface area contributed by atoms with E-state index in [1.807, 2.05) is 12.1 Å². The highest BCUT2D eigenvalue weighted by Crippen LogP contribution is 2.41. The molecule has 1 heteroatoms. The summed E-state index contributed by atoms with van der Waals surface area (Å²) in [6, 6.07) is 23.8. The Balaban J connectivity index is 0.00000480. The zero-order valence-corrected chi connectivity index (χ0v) is 28.0. The van der Waals surface area contributed by atoms with Crippen LogP contribution in [0.25, 0.3) is 6.08 Å². The number of halogens is 1. The minimum Gasteiger partial charge on any atom is -0.207 e. The molecule has 3 atom stereocenters. The zero-order chi connectivity index (χ0) is 31.3. The number of benzene rings is 3. The van der Waals surface area contributed by atoms with Crippen molar-refractivity contribution in [3.05, 3.63) is 136 Å². The molecule has 0 radical (unpaired) electrons. The van der Waals surface area contributed by atoms with Crippen LogP contribution in [0.15, 0.2) is 96.6 Å². The van der Waals surface area contributed by atoms with E-state index in [4.69, 9.17) is 0 Å². The van der Waals surface area contributed by atoms with E-state index in [0.717, 1.165) is 25.2 Å². The highest BCUT2D eigenvalue weighted by molar-refractivity contribution is 5.53. The van der Waals surface area contributed by atoms with Gasteiger partial charge < -0.3 is 0 Å². The van der Waals surface area contributed by atoms with Crippen LogP contribution in [0.1, 0.15) is 131 Å². The molecule has 0 saturated heterocycles. The molecule has 3 unspecified atom stereocenters. The fourth-order valence-electron chi connectivity index (χ4n) is 7.77. The van der Waals surface area contributed by atoms with E-state index in [9.17, 15) is 4.39 Å². The van der Waals surface area contributed by atoms with Gasteiger partial charge in [-0.25, -0.2) is 4.39 Å². The number of hydrogen-bond acceptors (Lipinski definition) is 0. The van der Waals surface area contributed by atoms with Gasteiger partial charge in [-0.3, -0.25) is 0 Å². The smallest absolute Gasteiger partial charge is 0.123 e. The lowest BCUT2D eigenvalue weighted by Gasteiger charge is -2.34. The molecule has 3 aromatic rings. The van der Waals surface area contributed by atoms with Gasteiger partial charge in [0.1, 0.15) is 5.82 Å². The molecule has 0 amide bonds. The molecule has 0 bridgehead atoms. The van der Waals surface area contributed by atoms with Crippen molar-refractivity contribution in [3.8, 4) is 0 Å². The maximum absolute atomic E-state index is 13.6. The van der Waals surface area contributed by atoms with Crippen LogP contribution < -0.4 is 0 Å². The van der Waals surface area contributed by atoms with E-state index < -0.39 is 0 Å². The molecule has 0 nitrogen and oxygen atoms in total. The summed E-state index contributed by atoms with van der Waals surface area (Å²) in [6.07, 6.45) is 30.2. The van der Waals surface area contributed by atoms with Gasteiger partial charge in [0, 0.05) is 0 Å². The third-order valence-electron chi connectivity index (χ3n) is 10.3. The van der Waals surface area contributed by atoms with Crippen LogP contribution in [0.4, 0.5) is 4.39 Å². The molecule has 0 aromatic heterocycles. The normalized spacial score (nSPS) is 18.2. The van der Waals surface area contributed by atoms with Crippen molar-refractivity contribution in [1.82, 2.24) is 0 Å². The average molecular weight is 619 g/mol. The van der Waals surface area contributed by atoms with Crippen LogP contribution >= 0.6 is 0 Å². The second-order valence-corrected chi connectivity index (χ2v) is 13.8. The Labute approximate surface area is 280 Å². The van der Waals surface area contributed by atoms with Gasteiger partial charge in [-0.2, -0.15) is 0 Å². The van der Waals surface area contributed by atoms with E-state index in [1.54, 1.807) is 17.7 Å². The minimum atomic E-state index is -0.151. The molecule has 2 aliphatic carbocycles. The molecule has 0 spiro atoms. The van der Waals surface area contributed by atoms with Gasteiger partial charge >= 0.3 is 0 Å². The Morgan fingerprint density at radius 1 is 0.826 bits per heavy atom. The Hall–Kier alpha value is -3.19. The molecular weight excluding hydrogens is 559 g/mol. The van der Waals surface area contributed by atoms with E-state index in [-0.39, 0.29) is 13.2 Å². The van der Waals surface area contributed by atoms with Crippen molar-refractivity contribution in [2.75, 3.05) is 0 Å². The first kappa shape index (κ1) is 35.7. The Bertz CT molecular complexity index is 1400. The monoisotopic (exact) mass is 618 g/mol. The first-order valence-electron chi connectivity index (χ1n) is 18.0. The molecule has 0 fully saturated rings. The van der Waals surface area contributed by atoms with Gasteiger partial charge in [0.25, 0.3) is 0 Å². The van der Waals surface area contributed by atoms with Crippen molar-refractivity contribution in [2.45, 2.75) is 124 Å². The van der Waals surface area contributed by atoms with Crippen molar-refractivity contribution in [1.29, 1.82) is 0 Å². The number of rotatable bonds is 16. The Morgan fingerprint density at radius 3 is 2.30 bits per heavy atom. The molecule has 3 aromatic carbocycles. The van der Waals surface area contributed by atoms with Gasteiger partial charge in [0.2, 0.25) is 0 Å². The predicted octanol–water partition coefficient (Wildman–Crippen LogP) is 13.2. The second kappa shape index (κ2) is 18.8. The van der Waals surface area contributed by atoms with Crippen LogP contribution in [-0.4, -0.2) is 0 Å². The van der Waals surface area contributed by atoms with Gasteiger partial charge in [-0.15, -0.1) is 0 Å². The first-order chi connectivity index (χ1) is 22.1. The summed E-state index contributed by atoms with van der Waals surface area (Å²) in [6.45, 7) is 4.41. The molecular formula is C45H59F. The predicted molar refractivity (Wildman–Crippen MR) is 199 cm³/mol. The maximum Gasteiger partial charge on any atom is 0.123 e. The third-order valence-corrected chi connectivity index (χ3v) is 10.3. The van der Waals surface area contributed by atoms with Crippen molar-refractivity contribution >= 4 is 6.08 Å². The number of aryl methyl sites for hydroxylation is 2. The average Bonchev–Trinajstić information content (AvgIpc) is 3.06. The fraction of sp³-hybridized carbons (Fsp3) is 0.467. The highest BCUT2D eigenvalue weighted by atomic mass is 19.1. The van der Waals surface area contributed by atoms with E-state index in [1.165, 1.54) is 110 Å². The van der Waals surface area contributed by atoms with Gasteiger partial charge in [-0.05, 0) is 128 Å². The molecule has 0 N–H and O–H groups in total. The first-order valence-corrected chi connectivity index (χ1v) is 18.0. The zero-order valence-electron chi connectivity index (χ0n) is 28.0. The van der Waals surface area contributed by atoms with Crippen LogP contribution in [0.5, 0.6) is 0 Å². The molecule has 0 saturated carbocycles. The highest BCUT2D eigenvalue weighted by Gasteiger charge is 2.30. The van der Waals surface area contributed by atoms with Crippen molar-refractivity contribution in [2.24, 2.45) is 11.8 Å². The van der Waals surface area contributed by atoms with E-state index in [2.05, 4.69) is 86.7 Å². The number of hydrogen-bond donors (Lipinski definition) is 0. The summed E-state index contributed by atoms with van der Waals surface area (Å²) in [7, 11) is 0. The summed E-state index contributed by atoms with van der Waals surface area (Å²) in [5, 5.41) is 0. The lowest BCUT2D eigenvalue weighted by atomic mass is 9.70. The van der Waals surface area contributed by atoms with E-state index >= 15 is 0 Å². The van der Waals surface area contributed by atoms with Crippen LogP contribution in [0.3, 0.4) is 0 Å². The Morgan fingerprint density at radius 2 is 1.57 bits per heavy atom. The summed E-state index contributed by atoms with van der Waals surface area (Å²) < 4.78 is 13.6. The van der Waals surface area contributed by atoms with Crippen molar-refractivity contribution < 1.29 is 4.39 Å². The molecule has 0 heterocycles. The summed E-state index contributed by atoms with van der Waals surface area (Å²) in [4.78, 5) is 0. The number of allylic oxidation sites excluding steroid dienone is 5. The van der Waals surface area contributed by atoms with Gasteiger partial charge in [0.05, 0.1) is 0 Å². The van der Waals surface area contributed by atoms with Crippen LogP contribution in [0, 0.1) is 17.7 Å². The topological polar surface area (TPSA) is 0 Å². The Kier molecular flexibility index (Phi) is 14.6. The van der Waals surface area contributed by atoms with E-state index in [0.29, 0.717) is 11.8 Å². The molecule has 246 valence electrons. The maximum atomic E-state index is 13.6. The third kappa shape index (κ3) is 10.7. The molecule has 5 rings (SSSR count). The van der Waals surface area contributed by atoms with Crippen molar-refractivity contribution in [3.63, 3.8) is 0 Å². The second-order valence-electron chi connectivity index (χ2n) is 13.8. The summed E-state index contributed by atoms with van der Waals surface area (Å²) in [5.41, 5.74) is 10.1. The van der Waals surface area contributed by atoms with Crippen LogP contribution in [-0.2, 0) is 25.7 Å². The molecule has 46 heavy (non-hydrogen) atoms. The summed E-state index contributed by atoms with van der Waals surface area (Å²) >= 11 is 0. The lowest BCUT2D eigenvalue weighted by Crippen LogP contribution is -2.24.